The van der Waals surface area contributed by atoms with Crippen LogP contribution in [-0.4, -0.2) is 9.13 Å². The lowest BCUT2D eigenvalue weighted by atomic mass is 9.80. The summed E-state index contributed by atoms with van der Waals surface area (Å²) in [5.41, 5.74) is 20.3. The zero-order valence-corrected chi connectivity index (χ0v) is 40.7. The number of nitrogens with zero attached hydrogens (tertiary/aromatic N) is 2. The summed E-state index contributed by atoms with van der Waals surface area (Å²) in [6, 6.07) is 82.7. The fraction of sp³-hybridized carbons (Fsp3) is 0.0857. The molecule has 2 heterocycles. The molecule has 14 aromatic rings. The Morgan fingerprint density at radius 3 is 0.861 bits per heavy atom. The number of hydrogen-bond acceptors (Lipinski definition) is 0. The maximum Gasteiger partial charge on any atom is 0.0547 e. The first-order valence-corrected chi connectivity index (χ1v) is 25.5. The summed E-state index contributed by atoms with van der Waals surface area (Å²) in [6.07, 6.45) is 0. The third-order valence-electron chi connectivity index (χ3n) is 17.3. The lowest BCUT2D eigenvalue weighted by molar-refractivity contribution is 0.659. The Balaban J connectivity index is 0.790. The predicted molar refractivity (Wildman–Crippen MR) is 306 cm³/mol. The third-order valence-corrected chi connectivity index (χ3v) is 17.3. The fourth-order valence-electron chi connectivity index (χ4n) is 13.7. The van der Waals surface area contributed by atoms with E-state index in [4.69, 9.17) is 0 Å². The molecule has 72 heavy (non-hydrogen) atoms. The average Bonchev–Trinajstić information content (AvgIpc) is 4.10. The Bertz CT molecular complexity index is 4250. The monoisotopic (exact) mass is 916 g/mol. The van der Waals surface area contributed by atoms with Crippen LogP contribution in [0.2, 0.25) is 0 Å². The van der Waals surface area contributed by atoms with Gasteiger partial charge in [-0.25, -0.2) is 0 Å². The van der Waals surface area contributed by atoms with Crippen LogP contribution < -0.4 is 0 Å². The SMILES string of the molecule is CC1(C)c2cc(-c3ccc4c(c3)C(C)(C)c3cc(-n5c6ccc7ccccc7c6c6c7ccccc7ccc65)ccc3-4)ccc2-c2ccc(-n3c4ccc5ccccc5c4c4c5ccccc5ccc43)cc21. The van der Waals surface area contributed by atoms with Gasteiger partial charge in [-0.2, -0.15) is 0 Å². The molecule has 0 saturated heterocycles. The number of hydrogen-bond donors (Lipinski definition) is 0. The van der Waals surface area contributed by atoms with E-state index in [1.54, 1.807) is 0 Å². The molecule has 12 aromatic carbocycles. The lowest BCUT2D eigenvalue weighted by Gasteiger charge is -2.24. The molecule has 0 amide bonds. The van der Waals surface area contributed by atoms with Crippen LogP contribution in [0.4, 0.5) is 0 Å². The van der Waals surface area contributed by atoms with E-state index in [2.05, 4.69) is 255 Å². The summed E-state index contributed by atoms with van der Waals surface area (Å²) in [5.74, 6) is 0. The minimum Gasteiger partial charge on any atom is -0.309 e. The first-order chi connectivity index (χ1) is 35.2. The van der Waals surface area contributed by atoms with Crippen molar-refractivity contribution in [2.45, 2.75) is 38.5 Å². The van der Waals surface area contributed by atoms with Gasteiger partial charge in [-0.05, 0) is 159 Å². The van der Waals surface area contributed by atoms with Gasteiger partial charge in [-0.3, -0.25) is 0 Å². The van der Waals surface area contributed by atoms with Crippen LogP contribution >= 0.6 is 0 Å². The largest absolute Gasteiger partial charge is 0.309 e. The van der Waals surface area contributed by atoms with Crippen molar-refractivity contribution < 1.29 is 0 Å². The molecule has 0 unspecified atom stereocenters. The molecule has 0 N–H and O–H groups in total. The number of benzene rings is 12. The molecule has 0 bridgehead atoms. The molecule has 2 aromatic heterocycles. The quantitative estimate of drug-likeness (QED) is 0.167. The topological polar surface area (TPSA) is 9.86 Å². The zero-order valence-electron chi connectivity index (χ0n) is 40.7. The van der Waals surface area contributed by atoms with Gasteiger partial charge in [0.1, 0.15) is 0 Å². The molecular formula is C70H48N2. The highest BCUT2D eigenvalue weighted by Crippen LogP contribution is 2.54. The van der Waals surface area contributed by atoms with Crippen molar-refractivity contribution in [3.05, 3.63) is 241 Å². The smallest absolute Gasteiger partial charge is 0.0547 e. The molecule has 16 rings (SSSR count). The molecule has 0 fully saturated rings. The van der Waals surface area contributed by atoms with Gasteiger partial charge in [0, 0.05) is 43.7 Å². The summed E-state index contributed by atoms with van der Waals surface area (Å²) in [6.45, 7) is 9.67. The van der Waals surface area contributed by atoms with Crippen LogP contribution in [0.1, 0.15) is 49.9 Å². The second-order valence-corrected chi connectivity index (χ2v) is 21.6. The van der Waals surface area contributed by atoms with Crippen LogP contribution in [0.25, 0.3) is 131 Å². The molecule has 0 spiro atoms. The van der Waals surface area contributed by atoms with Gasteiger partial charge in [-0.15, -0.1) is 0 Å². The molecule has 338 valence electrons. The van der Waals surface area contributed by atoms with E-state index >= 15 is 0 Å². The van der Waals surface area contributed by atoms with Gasteiger partial charge >= 0.3 is 0 Å². The van der Waals surface area contributed by atoms with Crippen LogP contribution in [0.5, 0.6) is 0 Å². The average molecular weight is 917 g/mol. The lowest BCUT2D eigenvalue weighted by Crippen LogP contribution is -2.16. The Kier molecular flexibility index (Phi) is 7.78. The van der Waals surface area contributed by atoms with Crippen molar-refractivity contribution in [1.82, 2.24) is 9.13 Å². The fourth-order valence-corrected chi connectivity index (χ4v) is 13.7. The van der Waals surface area contributed by atoms with Crippen molar-refractivity contribution in [3.8, 4) is 44.8 Å². The van der Waals surface area contributed by atoms with Crippen molar-refractivity contribution in [2.24, 2.45) is 0 Å². The van der Waals surface area contributed by atoms with E-state index < -0.39 is 0 Å². The maximum atomic E-state index is 2.51. The van der Waals surface area contributed by atoms with Crippen molar-refractivity contribution in [1.29, 1.82) is 0 Å². The van der Waals surface area contributed by atoms with E-state index in [0.717, 1.165) is 0 Å². The Hall–Kier alpha value is -8.72. The second kappa shape index (κ2) is 14.0. The standard InChI is InChI=1S/C70H48N2/c1-69(2)57-37-45(21-29-53(57)55-31-27-47(39-59(55)69)71-61-33-23-41-13-5-9-17-49(41)65(61)66-50-18-10-6-14-42(50)24-34-62(66)71)46-22-30-54-56-32-28-48(40-60(56)70(3,4)58(54)38-46)72-63-35-25-43-15-7-11-19-51(43)67(63)68-52-20-12-8-16-44(52)26-36-64(68)72/h5-40H,1-4H3. The van der Waals surface area contributed by atoms with Crippen LogP contribution in [0.3, 0.4) is 0 Å². The first kappa shape index (κ1) is 40.1. The summed E-state index contributed by atoms with van der Waals surface area (Å²) < 4.78 is 5.02. The third kappa shape index (κ3) is 5.18. The molecule has 2 aliphatic rings. The Labute approximate surface area is 417 Å². The minimum absolute atomic E-state index is 0.205. The van der Waals surface area contributed by atoms with E-state index in [9.17, 15) is 0 Å². The highest BCUT2D eigenvalue weighted by atomic mass is 15.0. The first-order valence-electron chi connectivity index (χ1n) is 25.5. The molecule has 0 saturated carbocycles. The van der Waals surface area contributed by atoms with E-state index in [-0.39, 0.29) is 10.8 Å². The van der Waals surface area contributed by atoms with Gasteiger partial charge < -0.3 is 9.13 Å². The summed E-state index contributed by atoms with van der Waals surface area (Å²) in [7, 11) is 0. The van der Waals surface area contributed by atoms with Crippen molar-refractivity contribution in [3.63, 3.8) is 0 Å². The van der Waals surface area contributed by atoms with Crippen LogP contribution in [0, 0.1) is 0 Å². The predicted octanol–water partition coefficient (Wildman–Crippen LogP) is 18.8. The summed E-state index contributed by atoms with van der Waals surface area (Å²) in [5, 5.41) is 15.5. The molecule has 0 aliphatic heterocycles. The highest BCUT2D eigenvalue weighted by Gasteiger charge is 2.38. The molecule has 0 radical (unpaired) electrons. The summed E-state index contributed by atoms with van der Waals surface area (Å²) >= 11 is 0. The van der Waals surface area contributed by atoms with E-state index in [1.807, 2.05) is 0 Å². The maximum absolute atomic E-state index is 2.51. The number of fused-ring (bicyclic) bond motifs is 20. The highest BCUT2D eigenvalue weighted by molar-refractivity contribution is 6.30. The van der Waals surface area contributed by atoms with Crippen LogP contribution in [-0.2, 0) is 10.8 Å². The normalized spacial score (nSPS) is 14.3. The van der Waals surface area contributed by atoms with Gasteiger partial charge in [0.25, 0.3) is 0 Å². The molecule has 2 aliphatic carbocycles. The summed E-state index contributed by atoms with van der Waals surface area (Å²) in [4.78, 5) is 0. The van der Waals surface area contributed by atoms with Gasteiger partial charge in [0.15, 0.2) is 0 Å². The number of aromatic nitrogens is 2. The molecule has 2 heteroatoms. The van der Waals surface area contributed by atoms with E-state index in [0.29, 0.717) is 0 Å². The Morgan fingerprint density at radius 2 is 0.542 bits per heavy atom. The van der Waals surface area contributed by atoms with Gasteiger partial charge in [0.2, 0.25) is 0 Å². The van der Waals surface area contributed by atoms with Gasteiger partial charge in [-0.1, -0.05) is 185 Å². The molecule has 2 nitrogen and oxygen atoms in total. The van der Waals surface area contributed by atoms with Crippen molar-refractivity contribution in [2.75, 3.05) is 0 Å². The molecular weight excluding hydrogens is 869 g/mol. The second-order valence-electron chi connectivity index (χ2n) is 21.6. The minimum atomic E-state index is -0.205. The van der Waals surface area contributed by atoms with Crippen LogP contribution in [0.15, 0.2) is 218 Å². The van der Waals surface area contributed by atoms with Gasteiger partial charge in [0.05, 0.1) is 22.1 Å². The van der Waals surface area contributed by atoms with Crippen molar-refractivity contribution >= 4 is 86.7 Å². The molecule has 0 atom stereocenters. The zero-order chi connectivity index (χ0) is 47.8. The van der Waals surface area contributed by atoms with E-state index in [1.165, 1.54) is 154 Å². The number of rotatable bonds is 3. The Morgan fingerprint density at radius 1 is 0.264 bits per heavy atom.